The summed E-state index contributed by atoms with van der Waals surface area (Å²) >= 11 is 3.50. The summed E-state index contributed by atoms with van der Waals surface area (Å²) in [5.74, 6) is 0.950. The van der Waals surface area contributed by atoms with Gasteiger partial charge in [-0.15, -0.1) is 11.3 Å². The van der Waals surface area contributed by atoms with Crippen LogP contribution in [-0.4, -0.2) is 40.7 Å². The van der Waals surface area contributed by atoms with Gasteiger partial charge in [-0.2, -0.15) is 11.8 Å². The molecule has 1 N–H and O–H groups in total. The van der Waals surface area contributed by atoms with Gasteiger partial charge in [-0.3, -0.25) is 9.59 Å². The SMILES string of the molecule is O=C(O)C1CCCN(C(=O)c2cc3c(s2)CCSC3)C1. The number of carbonyl (C=O) groups is 2. The van der Waals surface area contributed by atoms with E-state index in [0.717, 1.165) is 29.2 Å². The Balaban J connectivity index is 1.75. The zero-order chi connectivity index (χ0) is 14.1. The largest absolute Gasteiger partial charge is 0.481 e. The Morgan fingerprint density at radius 1 is 1.40 bits per heavy atom. The lowest BCUT2D eigenvalue weighted by molar-refractivity contribution is -0.143. The molecule has 0 saturated carbocycles. The molecular formula is C14H17NO3S2. The number of aliphatic carboxylic acids is 1. The number of nitrogens with zero attached hydrogens (tertiary/aromatic N) is 1. The van der Waals surface area contributed by atoms with Crippen LogP contribution in [0.5, 0.6) is 0 Å². The number of aryl methyl sites for hydroxylation is 1. The lowest BCUT2D eigenvalue weighted by Gasteiger charge is -2.30. The minimum Gasteiger partial charge on any atom is -0.481 e. The van der Waals surface area contributed by atoms with E-state index in [1.165, 1.54) is 10.4 Å². The minimum atomic E-state index is -0.788. The minimum absolute atomic E-state index is 0.0142. The molecule has 1 fully saturated rings. The predicted molar refractivity (Wildman–Crippen MR) is 80.4 cm³/mol. The Bertz CT molecular complexity index is 517. The van der Waals surface area contributed by atoms with E-state index in [9.17, 15) is 9.59 Å². The molecule has 1 aromatic heterocycles. The van der Waals surface area contributed by atoms with Crippen LogP contribution in [0.15, 0.2) is 6.07 Å². The van der Waals surface area contributed by atoms with E-state index in [0.29, 0.717) is 19.5 Å². The fraction of sp³-hybridized carbons (Fsp3) is 0.571. The smallest absolute Gasteiger partial charge is 0.308 e. The molecular weight excluding hydrogens is 294 g/mol. The maximum absolute atomic E-state index is 12.5. The van der Waals surface area contributed by atoms with E-state index in [4.69, 9.17) is 5.11 Å². The number of hydrogen-bond donors (Lipinski definition) is 1. The molecule has 20 heavy (non-hydrogen) atoms. The number of carbonyl (C=O) groups excluding carboxylic acids is 1. The molecule has 2 aliphatic rings. The van der Waals surface area contributed by atoms with Crippen molar-refractivity contribution in [3.63, 3.8) is 0 Å². The Hall–Kier alpha value is -1.01. The molecule has 0 aromatic carbocycles. The number of piperidine rings is 1. The standard InChI is InChI=1S/C14H17NO3S2/c16-13(15-4-1-2-9(7-15)14(17)18)12-6-10-8-19-5-3-11(10)20-12/h6,9H,1-5,7-8H2,(H,17,18). The Morgan fingerprint density at radius 3 is 3.00 bits per heavy atom. The van der Waals surface area contributed by atoms with Crippen LogP contribution in [0.25, 0.3) is 0 Å². The summed E-state index contributed by atoms with van der Waals surface area (Å²) in [5.41, 5.74) is 1.29. The topological polar surface area (TPSA) is 57.6 Å². The van der Waals surface area contributed by atoms with Crippen molar-refractivity contribution in [2.75, 3.05) is 18.8 Å². The molecule has 1 atom stereocenters. The third-order valence-corrected chi connectivity index (χ3v) is 6.13. The zero-order valence-electron chi connectivity index (χ0n) is 11.1. The number of likely N-dealkylation sites (tertiary alicyclic amines) is 1. The van der Waals surface area contributed by atoms with Crippen molar-refractivity contribution in [1.82, 2.24) is 4.90 Å². The molecule has 108 valence electrons. The Labute approximate surface area is 126 Å². The number of thiophene rings is 1. The van der Waals surface area contributed by atoms with Crippen molar-refractivity contribution in [2.24, 2.45) is 5.92 Å². The summed E-state index contributed by atoms with van der Waals surface area (Å²) in [6, 6.07) is 2.01. The maximum atomic E-state index is 12.5. The van der Waals surface area contributed by atoms with Gasteiger partial charge in [-0.1, -0.05) is 0 Å². The van der Waals surface area contributed by atoms with Crippen molar-refractivity contribution >= 4 is 35.0 Å². The summed E-state index contributed by atoms with van der Waals surface area (Å²) in [6.45, 7) is 1.03. The van der Waals surface area contributed by atoms with Crippen LogP contribution in [0, 0.1) is 5.92 Å². The normalized spacial score (nSPS) is 22.4. The van der Waals surface area contributed by atoms with E-state index in [-0.39, 0.29) is 5.91 Å². The average molecular weight is 311 g/mol. The van der Waals surface area contributed by atoms with Gasteiger partial charge in [0.05, 0.1) is 10.8 Å². The van der Waals surface area contributed by atoms with Crippen molar-refractivity contribution in [1.29, 1.82) is 0 Å². The fourth-order valence-electron chi connectivity index (χ4n) is 2.77. The van der Waals surface area contributed by atoms with Crippen molar-refractivity contribution in [3.05, 3.63) is 21.4 Å². The van der Waals surface area contributed by atoms with E-state index in [2.05, 4.69) is 0 Å². The maximum Gasteiger partial charge on any atom is 0.308 e. The van der Waals surface area contributed by atoms with Crippen molar-refractivity contribution in [3.8, 4) is 0 Å². The third-order valence-electron chi connectivity index (χ3n) is 3.90. The monoisotopic (exact) mass is 311 g/mol. The van der Waals surface area contributed by atoms with E-state index in [1.807, 2.05) is 17.8 Å². The number of hydrogen-bond acceptors (Lipinski definition) is 4. The second kappa shape index (κ2) is 5.77. The predicted octanol–water partition coefficient (Wildman–Crippen LogP) is 2.47. The number of amides is 1. The highest BCUT2D eigenvalue weighted by Gasteiger charge is 2.29. The number of carboxylic acids is 1. The average Bonchev–Trinajstić information content (AvgIpc) is 2.90. The van der Waals surface area contributed by atoms with Gasteiger partial charge in [-0.25, -0.2) is 0 Å². The van der Waals surface area contributed by atoms with Crippen LogP contribution >= 0.6 is 23.1 Å². The van der Waals surface area contributed by atoms with Gasteiger partial charge in [0.1, 0.15) is 0 Å². The second-order valence-electron chi connectivity index (χ2n) is 5.29. The molecule has 1 unspecified atom stereocenters. The molecule has 0 aliphatic carbocycles. The first-order chi connectivity index (χ1) is 9.65. The van der Waals surface area contributed by atoms with Crippen molar-refractivity contribution in [2.45, 2.75) is 25.0 Å². The van der Waals surface area contributed by atoms with E-state index < -0.39 is 11.9 Å². The van der Waals surface area contributed by atoms with Crippen LogP contribution in [0.2, 0.25) is 0 Å². The second-order valence-corrected chi connectivity index (χ2v) is 7.53. The van der Waals surface area contributed by atoms with Crippen LogP contribution in [0.1, 0.15) is 33.0 Å². The molecule has 0 bridgehead atoms. The van der Waals surface area contributed by atoms with Gasteiger partial charge >= 0.3 is 5.97 Å². The highest BCUT2D eigenvalue weighted by Crippen LogP contribution is 2.32. The fourth-order valence-corrected chi connectivity index (χ4v) is 5.11. The lowest BCUT2D eigenvalue weighted by atomic mass is 9.98. The summed E-state index contributed by atoms with van der Waals surface area (Å²) in [4.78, 5) is 27.4. The van der Waals surface area contributed by atoms with E-state index >= 15 is 0 Å². The van der Waals surface area contributed by atoms with Crippen molar-refractivity contribution < 1.29 is 14.7 Å². The first-order valence-corrected chi connectivity index (χ1v) is 8.83. The number of fused-ring (bicyclic) bond motifs is 1. The Morgan fingerprint density at radius 2 is 2.25 bits per heavy atom. The summed E-state index contributed by atoms with van der Waals surface area (Å²) in [7, 11) is 0. The molecule has 1 aromatic rings. The molecule has 3 heterocycles. The van der Waals surface area contributed by atoms with Gasteiger partial charge < -0.3 is 10.0 Å². The molecule has 0 radical (unpaired) electrons. The third kappa shape index (κ3) is 2.72. The van der Waals surface area contributed by atoms with Crippen LogP contribution in [0.4, 0.5) is 0 Å². The first kappa shape index (κ1) is 13.9. The molecule has 3 rings (SSSR count). The zero-order valence-corrected chi connectivity index (χ0v) is 12.8. The number of carboxylic acid groups (broad SMARTS) is 1. The van der Waals surface area contributed by atoms with Crippen LogP contribution < -0.4 is 0 Å². The summed E-state index contributed by atoms with van der Waals surface area (Å²) in [5, 5.41) is 9.10. The quantitative estimate of drug-likeness (QED) is 0.911. The highest BCUT2D eigenvalue weighted by atomic mass is 32.2. The van der Waals surface area contributed by atoms with E-state index in [1.54, 1.807) is 16.2 Å². The highest BCUT2D eigenvalue weighted by molar-refractivity contribution is 7.98. The molecule has 2 aliphatic heterocycles. The summed E-state index contributed by atoms with van der Waals surface area (Å²) < 4.78 is 0. The van der Waals surface area contributed by atoms with Gasteiger partial charge in [0.15, 0.2) is 0 Å². The summed E-state index contributed by atoms with van der Waals surface area (Å²) in [6.07, 6.45) is 2.51. The Kier molecular flexibility index (Phi) is 4.03. The van der Waals surface area contributed by atoms with Gasteiger partial charge in [-0.05, 0) is 36.6 Å². The number of thioether (sulfide) groups is 1. The lowest BCUT2D eigenvalue weighted by Crippen LogP contribution is -2.42. The first-order valence-electron chi connectivity index (χ1n) is 6.86. The number of rotatable bonds is 2. The van der Waals surface area contributed by atoms with Crippen LogP contribution in [0.3, 0.4) is 0 Å². The van der Waals surface area contributed by atoms with Gasteiger partial charge in [0.25, 0.3) is 5.91 Å². The van der Waals surface area contributed by atoms with Gasteiger partial charge in [0, 0.05) is 23.7 Å². The molecule has 6 heteroatoms. The van der Waals surface area contributed by atoms with Gasteiger partial charge in [0.2, 0.25) is 0 Å². The molecule has 1 saturated heterocycles. The molecule has 0 spiro atoms. The van der Waals surface area contributed by atoms with Crippen LogP contribution in [-0.2, 0) is 17.0 Å². The molecule has 1 amide bonds. The molecule has 4 nitrogen and oxygen atoms in total.